The molecule has 0 unspecified atom stereocenters. The number of anilines is 1. The summed E-state index contributed by atoms with van der Waals surface area (Å²) in [5.41, 5.74) is 5.46. The van der Waals surface area contributed by atoms with Crippen molar-refractivity contribution >= 4 is 11.6 Å². The Balaban J connectivity index is 2.57. The summed E-state index contributed by atoms with van der Waals surface area (Å²) < 4.78 is 0. The van der Waals surface area contributed by atoms with Crippen molar-refractivity contribution in [2.75, 3.05) is 5.32 Å². The standard InChI is InChI=1S/C16H17NO/c1-11-9-15(14-7-5-4-6-8-14)16(10-12(11)2)17-13(3)18/h4-10H,1-3H3,(H,17,18). The van der Waals surface area contributed by atoms with Gasteiger partial charge in [-0.05, 0) is 42.7 Å². The van der Waals surface area contributed by atoms with Crippen molar-refractivity contribution in [1.82, 2.24) is 0 Å². The highest BCUT2D eigenvalue weighted by molar-refractivity contribution is 5.94. The van der Waals surface area contributed by atoms with Crippen LogP contribution in [0, 0.1) is 13.8 Å². The van der Waals surface area contributed by atoms with Crippen molar-refractivity contribution in [1.29, 1.82) is 0 Å². The molecule has 0 fully saturated rings. The molecule has 92 valence electrons. The summed E-state index contributed by atoms with van der Waals surface area (Å²) in [6.07, 6.45) is 0. The van der Waals surface area contributed by atoms with E-state index in [0.29, 0.717) is 0 Å². The fraction of sp³-hybridized carbons (Fsp3) is 0.188. The Labute approximate surface area is 108 Å². The highest BCUT2D eigenvalue weighted by atomic mass is 16.1. The van der Waals surface area contributed by atoms with Gasteiger partial charge in [0.05, 0.1) is 0 Å². The SMILES string of the molecule is CC(=O)Nc1cc(C)c(C)cc1-c1ccccc1. The first-order chi connectivity index (χ1) is 8.58. The lowest BCUT2D eigenvalue weighted by molar-refractivity contribution is -0.114. The molecule has 1 amide bonds. The van der Waals surface area contributed by atoms with Crippen LogP contribution in [-0.4, -0.2) is 5.91 Å². The zero-order chi connectivity index (χ0) is 13.1. The number of benzene rings is 2. The smallest absolute Gasteiger partial charge is 0.221 e. The zero-order valence-electron chi connectivity index (χ0n) is 10.9. The van der Waals surface area contributed by atoms with Crippen molar-refractivity contribution in [2.45, 2.75) is 20.8 Å². The summed E-state index contributed by atoms with van der Waals surface area (Å²) in [6, 6.07) is 14.2. The van der Waals surface area contributed by atoms with Crippen LogP contribution in [0.3, 0.4) is 0 Å². The third kappa shape index (κ3) is 2.59. The van der Waals surface area contributed by atoms with E-state index in [0.717, 1.165) is 16.8 Å². The molecule has 0 bridgehead atoms. The maximum atomic E-state index is 11.3. The maximum absolute atomic E-state index is 11.3. The molecule has 0 heterocycles. The molecule has 1 N–H and O–H groups in total. The number of nitrogens with one attached hydrogen (secondary N) is 1. The molecule has 2 rings (SSSR count). The van der Waals surface area contributed by atoms with Gasteiger partial charge in [0.2, 0.25) is 5.91 Å². The van der Waals surface area contributed by atoms with E-state index in [-0.39, 0.29) is 5.91 Å². The van der Waals surface area contributed by atoms with E-state index in [1.165, 1.54) is 18.1 Å². The number of aryl methyl sites for hydroxylation is 2. The highest BCUT2D eigenvalue weighted by Gasteiger charge is 2.08. The predicted molar refractivity (Wildman–Crippen MR) is 75.7 cm³/mol. The molecular weight excluding hydrogens is 222 g/mol. The summed E-state index contributed by atoms with van der Waals surface area (Å²) in [6.45, 7) is 5.67. The lowest BCUT2D eigenvalue weighted by Crippen LogP contribution is -2.07. The Morgan fingerprint density at radius 1 is 1.00 bits per heavy atom. The van der Waals surface area contributed by atoms with Gasteiger partial charge in [0.25, 0.3) is 0 Å². The van der Waals surface area contributed by atoms with Crippen molar-refractivity contribution in [3.63, 3.8) is 0 Å². The minimum atomic E-state index is -0.0459. The molecule has 2 aromatic carbocycles. The van der Waals surface area contributed by atoms with Crippen LogP contribution < -0.4 is 5.32 Å². The Kier molecular flexibility index (Phi) is 3.47. The first-order valence-electron chi connectivity index (χ1n) is 6.02. The van der Waals surface area contributed by atoms with Gasteiger partial charge in [0, 0.05) is 18.2 Å². The molecule has 0 spiro atoms. The molecule has 0 aliphatic carbocycles. The van der Waals surface area contributed by atoms with Crippen molar-refractivity contribution in [2.24, 2.45) is 0 Å². The third-order valence-electron chi connectivity index (χ3n) is 3.03. The van der Waals surface area contributed by atoms with Crippen LogP contribution in [0.5, 0.6) is 0 Å². The fourth-order valence-corrected chi connectivity index (χ4v) is 1.97. The van der Waals surface area contributed by atoms with Crippen molar-refractivity contribution in [3.05, 3.63) is 53.6 Å². The number of hydrogen-bond acceptors (Lipinski definition) is 1. The summed E-state index contributed by atoms with van der Waals surface area (Å²) in [7, 11) is 0. The zero-order valence-corrected chi connectivity index (χ0v) is 10.9. The molecule has 0 aliphatic heterocycles. The van der Waals surface area contributed by atoms with Crippen LogP contribution in [0.4, 0.5) is 5.69 Å². The van der Waals surface area contributed by atoms with Gasteiger partial charge in [0.1, 0.15) is 0 Å². The first kappa shape index (κ1) is 12.4. The number of carbonyl (C=O) groups excluding carboxylic acids is 1. The normalized spacial score (nSPS) is 10.2. The summed E-state index contributed by atoms with van der Waals surface area (Å²) in [5, 5.41) is 2.90. The second-order valence-corrected chi connectivity index (χ2v) is 4.53. The van der Waals surface area contributed by atoms with E-state index < -0.39 is 0 Å². The molecule has 0 saturated heterocycles. The number of carbonyl (C=O) groups is 1. The Morgan fingerprint density at radius 3 is 2.22 bits per heavy atom. The number of amides is 1. The molecule has 0 radical (unpaired) electrons. The van der Waals surface area contributed by atoms with Crippen molar-refractivity contribution < 1.29 is 4.79 Å². The molecule has 0 atom stereocenters. The maximum Gasteiger partial charge on any atom is 0.221 e. The van der Waals surface area contributed by atoms with Crippen LogP contribution in [0.25, 0.3) is 11.1 Å². The van der Waals surface area contributed by atoms with Crippen LogP contribution in [0.1, 0.15) is 18.1 Å². The topological polar surface area (TPSA) is 29.1 Å². The molecule has 0 aliphatic rings. The monoisotopic (exact) mass is 239 g/mol. The Morgan fingerprint density at radius 2 is 1.61 bits per heavy atom. The lowest BCUT2D eigenvalue weighted by Gasteiger charge is -2.13. The first-order valence-corrected chi connectivity index (χ1v) is 6.02. The molecule has 2 aromatic rings. The summed E-state index contributed by atoms with van der Waals surface area (Å²) in [5.74, 6) is -0.0459. The minimum Gasteiger partial charge on any atom is -0.326 e. The third-order valence-corrected chi connectivity index (χ3v) is 3.03. The second kappa shape index (κ2) is 5.05. The van der Waals surface area contributed by atoms with E-state index in [4.69, 9.17) is 0 Å². The van der Waals surface area contributed by atoms with Gasteiger partial charge < -0.3 is 5.32 Å². The average molecular weight is 239 g/mol. The molecule has 2 heteroatoms. The molecular formula is C16H17NO. The van der Waals surface area contributed by atoms with Crippen molar-refractivity contribution in [3.8, 4) is 11.1 Å². The predicted octanol–water partition coefficient (Wildman–Crippen LogP) is 3.93. The average Bonchev–Trinajstić information content (AvgIpc) is 2.34. The molecule has 0 aromatic heterocycles. The quantitative estimate of drug-likeness (QED) is 0.845. The van der Waals surface area contributed by atoms with Gasteiger partial charge in [-0.25, -0.2) is 0 Å². The van der Waals surface area contributed by atoms with Gasteiger partial charge in [0.15, 0.2) is 0 Å². The van der Waals surface area contributed by atoms with E-state index in [9.17, 15) is 4.79 Å². The number of hydrogen-bond donors (Lipinski definition) is 1. The number of rotatable bonds is 2. The van der Waals surface area contributed by atoms with Gasteiger partial charge in [-0.2, -0.15) is 0 Å². The van der Waals surface area contributed by atoms with Gasteiger partial charge >= 0.3 is 0 Å². The summed E-state index contributed by atoms with van der Waals surface area (Å²) in [4.78, 5) is 11.3. The van der Waals surface area contributed by atoms with Crippen LogP contribution >= 0.6 is 0 Å². The highest BCUT2D eigenvalue weighted by Crippen LogP contribution is 2.30. The van der Waals surface area contributed by atoms with Crippen LogP contribution in [-0.2, 0) is 4.79 Å². The summed E-state index contributed by atoms with van der Waals surface area (Å²) >= 11 is 0. The fourth-order valence-electron chi connectivity index (χ4n) is 1.97. The molecule has 2 nitrogen and oxygen atoms in total. The van der Waals surface area contributed by atoms with E-state index >= 15 is 0 Å². The largest absolute Gasteiger partial charge is 0.326 e. The Bertz CT molecular complexity index is 573. The van der Waals surface area contributed by atoms with Crippen LogP contribution in [0.2, 0.25) is 0 Å². The van der Waals surface area contributed by atoms with E-state index in [2.05, 4.69) is 37.4 Å². The van der Waals surface area contributed by atoms with E-state index in [1.54, 1.807) is 0 Å². The molecule has 0 saturated carbocycles. The van der Waals surface area contributed by atoms with Gasteiger partial charge in [-0.15, -0.1) is 0 Å². The van der Waals surface area contributed by atoms with E-state index in [1.807, 2.05) is 24.3 Å². The second-order valence-electron chi connectivity index (χ2n) is 4.53. The van der Waals surface area contributed by atoms with Gasteiger partial charge in [-0.1, -0.05) is 30.3 Å². The van der Waals surface area contributed by atoms with Gasteiger partial charge in [-0.3, -0.25) is 4.79 Å². The van der Waals surface area contributed by atoms with Crippen LogP contribution in [0.15, 0.2) is 42.5 Å². The molecule has 18 heavy (non-hydrogen) atoms. The lowest BCUT2D eigenvalue weighted by atomic mass is 9.98. The minimum absolute atomic E-state index is 0.0459. The Hall–Kier alpha value is -2.09.